The SMILES string of the molecule is CCOc1ccccc1N(CC(=O)N(Cc1ccc(C)cc1)C(CC)C(=O)NCC(C)C)S(=O)(=O)c1ccc(Cl)cc1. The number of aryl methyl sites for hydroxylation is 1. The number of sulfonamides is 1. The first-order chi connectivity index (χ1) is 20.0. The van der Waals surface area contributed by atoms with Gasteiger partial charge in [0.2, 0.25) is 11.8 Å². The van der Waals surface area contributed by atoms with E-state index in [9.17, 15) is 18.0 Å². The fraction of sp³-hybridized carbons (Fsp3) is 0.375. The Morgan fingerprint density at radius 3 is 2.19 bits per heavy atom. The van der Waals surface area contributed by atoms with Crippen LogP contribution in [0.25, 0.3) is 0 Å². The maximum atomic E-state index is 14.2. The number of hydrogen-bond donors (Lipinski definition) is 1. The lowest BCUT2D eigenvalue weighted by atomic mass is 10.1. The highest BCUT2D eigenvalue weighted by atomic mass is 35.5. The van der Waals surface area contributed by atoms with Gasteiger partial charge in [0.05, 0.1) is 17.2 Å². The van der Waals surface area contributed by atoms with Crippen molar-refractivity contribution in [2.75, 3.05) is 24.0 Å². The van der Waals surface area contributed by atoms with Gasteiger partial charge in [-0.2, -0.15) is 0 Å². The van der Waals surface area contributed by atoms with Crippen LogP contribution in [0.5, 0.6) is 5.75 Å². The van der Waals surface area contributed by atoms with Crippen molar-refractivity contribution in [3.8, 4) is 5.75 Å². The predicted molar refractivity (Wildman–Crippen MR) is 167 cm³/mol. The average Bonchev–Trinajstić information content (AvgIpc) is 2.96. The standard InChI is InChI=1S/C32H40ClN3O5S/c1-6-28(32(38)34-20-23(3)4)35(21-25-14-12-24(5)13-15-25)31(37)22-36(29-10-8-9-11-30(29)41-7-2)42(39,40)27-18-16-26(33)17-19-27/h8-19,23,28H,6-7,20-22H2,1-5H3,(H,34,38). The Kier molecular flexibility index (Phi) is 11.8. The Labute approximate surface area is 254 Å². The molecule has 0 saturated carbocycles. The molecule has 0 aliphatic heterocycles. The number of hydrogen-bond acceptors (Lipinski definition) is 5. The molecule has 226 valence electrons. The molecule has 0 heterocycles. The van der Waals surface area contributed by atoms with Crippen molar-refractivity contribution in [1.82, 2.24) is 10.2 Å². The summed E-state index contributed by atoms with van der Waals surface area (Å²) in [5, 5.41) is 3.32. The summed E-state index contributed by atoms with van der Waals surface area (Å²) < 4.78 is 35.0. The molecule has 0 bridgehead atoms. The average molecular weight is 614 g/mol. The van der Waals surface area contributed by atoms with Crippen LogP contribution in [0, 0.1) is 12.8 Å². The molecule has 3 rings (SSSR count). The summed E-state index contributed by atoms with van der Waals surface area (Å²) in [4.78, 5) is 29.0. The zero-order valence-corrected chi connectivity index (χ0v) is 26.4. The van der Waals surface area contributed by atoms with E-state index in [-0.39, 0.29) is 29.0 Å². The molecular formula is C32H40ClN3O5S. The predicted octanol–water partition coefficient (Wildman–Crippen LogP) is 5.82. The number of carbonyl (C=O) groups is 2. The van der Waals surface area contributed by atoms with Crippen LogP contribution in [-0.4, -0.2) is 50.9 Å². The fourth-order valence-electron chi connectivity index (χ4n) is 4.42. The number of carbonyl (C=O) groups excluding carboxylic acids is 2. The summed E-state index contributed by atoms with van der Waals surface area (Å²) in [6, 6.07) is 19.3. The van der Waals surface area contributed by atoms with Gasteiger partial charge in [-0.15, -0.1) is 0 Å². The Morgan fingerprint density at radius 1 is 0.952 bits per heavy atom. The highest BCUT2D eigenvalue weighted by Crippen LogP contribution is 2.33. The van der Waals surface area contributed by atoms with Gasteiger partial charge in [0.15, 0.2) is 0 Å². The molecule has 0 aromatic heterocycles. The number of ether oxygens (including phenoxy) is 1. The first kappa shape index (κ1) is 32.9. The summed E-state index contributed by atoms with van der Waals surface area (Å²) in [5.74, 6) is -0.264. The summed E-state index contributed by atoms with van der Waals surface area (Å²) in [6.07, 6.45) is 0.348. The zero-order chi connectivity index (χ0) is 30.9. The normalized spacial score (nSPS) is 12.1. The second-order valence-corrected chi connectivity index (χ2v) is 12.7. The van der Waals surface area contributed by atoms with Crippen LogP contribution in [0.4, 0.5) is 5.69 Å². The Hall–Kier alpha value is -3.56. The maximum absolute atomic E-state index is 14.2. The lowest BCUT2D eigenvalue weighted by molar-refractivity contribution is -0.140. The van der Waals surface area contributed by atoms with Gasteiger partial charge in [-0.25, -0.2) is 8.42 Å². The van der Waals surface area contributed by atoms with Crippen LogP contribution < -0.4 is 14.4 Å². The highest BCUT2D eigenvalue weighted by molar-refractivity contribution is 7.92. The van der Waals surface area contributed by atoms with Crippen LogP contribution in [0.2, 0.25) is 5.02 Å². The number of benzene rings is 3. The molecule has 0 radical (unpaired) electrons. The fourth-order valence-corrected chi connectivity index (χ4v) is 5.97. The third-order valence-corrected chi connectivity index (χ3v) is 8.68. The second kappa shape index (κ2) is 15.1. The number of nitrogens with one attached hydrogen (secondary N) is 1. The molecule has 1 unspecified atom stereocenters. The smallest absolute Gasteiger partial charge is 0.264 e. The monoisotopic (exact) mass is 613 g/mol. The van der Waals surface area contributed by atoms with Gasteiger partial charge in [0.25, 0.3) is 10.0 Å². The Balaban J connectivity index is 2.09. The van der Waals surface area contributed by atoms with E-state index in [4.69, 9.17) is 16.3 Å². The van der Waals surface area contributed by atoms with Gasteiger partial charge in [0.1, 0.15) is 18.3 Å². The summed E-state index contributed by atoms with van der Waals surface area (Å²) in [6.45, 7) is 9.93. The van der Waals surface area contributed by atoms with Crippen molar-refractivity contribution < 1.29 is 22.7 Å². The second-order valence-electron chi connectivity index (χ2n) is 10.4. The maximum Gasteiger partial charge on any atom is 0.264 e. The molecule has 2 amide bonds. The minimum absolute atomic E-state index is 0.0298. The van der Waals surface area contributed by atoms with E-state index in [0.717, 1.165) is 15.4 Å². The van der Waals surface area contributed by atoms with E-state index in [2.05, 4.69) is 5.32 Å². The minimum atomic E-state index is -4.25. The lowest BCUT2D eigenvalue weighted by Gasteiger charge is -2.33. The van der Waals surface area contributed by atoms with Gasteiger partial charge in [0, 0.05) is 18.1 Å². The molecule has 0 fully saturated rings. The summed E-state index contributed by atoms with van der Waals surface area (Å²) >= 11 is 6.04. The summed E-state index contributed by atoms with van der Waals surface area (Å²) in [5.41, 5.74) is 2.10. The first-order valence-corrected chi connectivity index (χ1v) is 15.9. The topological polar surface area (TPSA) is 96.0 Å². The van der Waals surface area contributed by atoms with Gasteiger partial charge < -0.3 is 15.0 Å². The summed E-state index contributed by atoms with van der Waals surface area (Å²) in [7, 11) is -4.25. The van der Waals surface area contributed by atoms with Gasteiger partial charge in [-0.3, -0.25) is 13.9 Å². The first-order valence-electron chi connectivity index (χ1n) is 14.1. The van der Waals surface area contributed by atoms with Crippen molar-refractivity contribution in [3.05, 3.63) is 88.9 Å². The molecule has 0 spiro atoms. The van der Waals surface area contributed by atoms with E-state index in [0.29, 0.717) is 30.3 Å². The zero-order valence-electron chi connectivity index (χ0n) is 24.8. The van der Waals surface area contributed by atoms with Crippen molar-refractivity contribution >= 4 is 39.1 Å². The highest BCUT2D eigenvalue weighted by Gasteiger charge is 2.34. The number of rotatable bonds is 14. The van der Waals surface area contributed by atoms with Gasteiger partial charge >= 0.3 is 0 Å². The number of amides is 2. The van der Waals surface area contributed by atoms with Crippen molar-refractivity contribution in [2.45, 2.75) is 58.5 Å². The van der Waals surface area contributed by atoms with Gasteiger partial charge in [-0.05, 0) is 68.1 Å². The molecule has 8 nitrogen and oxygen atoms in total. The van der Waals surface area contributed by atoms with Crippen molar-refractivity contribution in [1.29, 1.82) is 0 Å². The number of anilines is 1. The quantitative estimate of drug-likeness (QED) is 0.247. The molecule has 1 N–H and O–H groups in total. The molecule has 0 aliphatic rings. The molecule has 10 heteroatoms. The van der Waals surface area contributed by atoms with Crippen LogP contribution in [0.15, 0.2) is 77.7 Å². The van der Waals surface area contributed by atoms with Crippen LogP contribution in [0.1, 0.15) is 45.2 Å². The third kappa shape index (κ3) is 8.49. The van der Waals surface area contributed by atoms with E-state index in [1.807, 2.05) is 52.0 Å². The van der Waals surface area contributed by atoms with E-state index in [1.165, 1.54) is 29.2 Å². The van der Waals surface area contributed by atoms with Crippen LogP contribution >= 0.6 is 11.6 Å². The van der Waals surface area contributed by atoms with E-state index >= 15 is 0 Å². The molecule has 3 aromatic rings. The van der Waals surface area contributed by atoms with Crippen molar-refractivity contribution in [3.63, 3.8) is 0 Å². The molecule has 42 heavy (non-hydrogen) atoms. The minimum Gasteiger partial charge on any atom is -0.492 e. The molecule has 3 aromatic carbocycles. The number of halogens is 1. The van der Waals surface area contributed by atoms with Crippen LogP contribution in [-0.2, 0) is 26.2 Å². The molecule has 0 aliphatic carbocycles. The Morgan fingerprint density at radius 2 is 1.60 bits per heavy atom. The molecular weight excluding hydrogens is 574 g/mol. The number of para-hydroxylation sites is 2. The van der Waals surface area contributed by atoms with Crippen LogP contribution in [0.3, 0.4) is 0 Å². The van der Waals surface area contributed by atoms with Crippen molar-refractivity contribution in [2.24, 2.45) is 5.92 Å². The van der Waals surface area contributed by atoms with E-state index < -0.39 is 28.5 Å². The molecule has 0 saturated heterocycles. The largest absolute Gasteiger partial charge is 0.492 e. The van der Waals surface area contributed by atoms with Gasteiger partial charge in [-0.1, -0.05) is 74.3 Å². The van der Waals surface area contributed by atoms with E-state index in [1.54, 1.807) is 31.2 Å². The lowest BCUT2D eigenvalue weighted by Crippen LogP contribution is -2.52. The molecule has 1 atom stereocenters. The number of nitrogens with zero attached hydrogens (tertiary/aromatic N) is 2. The third-order valence-electron chi connectivity index (χ3n) is 6.66. The Bertz CT molecular complexity index is 1440.